The highest BCUT2D eigenvalue weighted by Gasteiger charge is 2.47. The number of hydrogen-bond acceptors (Lipinski definition) is 6. The Bertz CT molecular complexity index is 1120. The smallest absolute Gasteiger partial charge is 0.265 e. The van der Waals surface area contributed by atoms with Crippen LogP contribution in [-0.4, -0.2) is 39.4 Å². The number of ether oxygens (including phenoxy) is 2. The van der Waals surface area contributed by atoms with Crippen molar-refractivity contribution in [2.24, 2.45) is 11.8 Å². The molecule has 2 atom stereocenters. The molecule has 2 fully saturated rings. The number of fused-ring (bicyclic) bond motifs is 1. The Hall–Kier alpha value is -3.07. The fourth-order valence-electron chi connectivity index (χ4n) is 4.53. The van der Waals surface area contributed by atoms with E-state index in [0.717, 1.165) is 25.7 Å². The van der Waals surface area contributed by atoms with Crippen LogP contribution in [0.4, 0.5) is 5.69 Å². The minimum atomic E-state index is -4.04. The van der Waals surface area contributed by atoms with Crippen LogP contribution in [0.5, 0.6) is 11.5 Å². The van der Waals surface area contributed by atoms with Gasteiger partial charge >= 0.3 is 0 Å². The minimum Gasteiger partial charge on any atom is -0.495 e. The lowest BCUT2D eigenvalue weighted by Gasteiger charge is -2.19. The number of likely N-dealkylation sites (tertiary alicyclic amines) is 1. The molecule has 8 nitrogen and oxygen atoms in total. The van der Waals surface area contributed by atoms with Crippen LogP contribution >= 0.6 is 0 Å². The molecule has 32 heavy (non-hydrogen) atoms. The van der Waals surface area contributed by atoms with Gasteiger partial charge in [-0.05, 0) is 42.7 Å². The summed E-state index contributed by atoms with van der Waals surface area (Å²) in [4.78, 5) is 26.8. The number of para-hydroxylation sites is 2. The summed E-state index contributed by atoms with van der Waals surface area (Å²) < 4.78 is 39.4. The van der Waals surface area contributed by atoms with Crippen molar-refractivity contribution in [2.45, 2.75) is 37.1 Å². The van der Waals surface area contributed by atoms with Crippen LogP contribution in [0.2, 0.25) is 0 Å². The molecule has 1 aliphatic heterocycles. The van der Waals surface area contributed by atoms with E-state index in [2.05, 4.69) is 4.72 Å². The molecule has 2 aromatic carbocycles. The van der Waals surface area contributed by atoms with Crippen molar-refractivity contribution in [2.75, 3.05) is 18.9 Å². The molecule has 1 saturated heterocycles. The second-order valence-electron chi connectivity index (χ2n) is 8.05. The number of nitrogens with zero attached hydrogens (tertiary/aromatic N) is 1. The first-order valence-electron chi connectivity index (χ1n) is 10.5. The third-order valence-corrected chi connectivity index (χ3v) is 7.53. The second kappa shape index (κ2) is 8.82. The predicted molar refractivity (Wildman–Crippen MR) is 118 cm³/mol. The number of nitrogens with one attached hydrogen (secondary N) is 1. The van der Waals surface area contributed by atoms with Crippen molar-refractivity contribution in [3.05, 3.63) is 48.0 Å². The number of hydrogen-bond donors (Lipinski definition) is 1. The quantitative estimate of drug-likeness (QED) is 0.640. The number of imide groups is 1. The molecule has 170 valence electrons. The lowest BCUT2D eigenvalue weighted by molar-refractivity contribution is -0.140. The third kappa shape index (κ3) is 4.04. The van der Waals surface area contributed by atoms with Gasteiger partial charge in [0.05, 0.1) is 38.3 Å². The summed E-state index contributed by atoms with van der Waals surface area (Å²) in [6, 6.07) is 11.3. The Balaban J connectivity index is 1.63. The van der Waals surface area contributed by atoms with E-state index in [0.29, 0.717) is 11.3 Å². The van der Waals surface area contributed by atoms with Gasteiger partial charge in [-0.2, -0.15) is 0 Å². The Morgan fingerprint density at radius 3 is 2.19 bits per heavy atom. The van der Waals surface area contributed by atoms with E-state index >= 15 is 0 Å². The van der Waals surface area contributed by atoms with Gasteiger partial charge in [0, 0.05) is 0 Å². The third-order valence-electron chi connectivity index (χ3n) is 6.14. The number of anilines is 1. The summed E-state index contributed by atoms with van der Waals surface area (Å²) >= 11 is 0. The molecule has 4 rings (SSSR count). The summed E-state index contributed by atoms with van der Waals surface area (Å²) in [6.45, 7) is 0.0336. The average Bonchev–Trinajstić information content (AvgIpc) is 3.04. The van der Waals surface area contributed by atoms with Gasteiger partial charge in [-0.25, -0.2) is 8.42 Å². The van der Waals surface area contributed by atoms with Crippen molar-refractivity contribution >= 4 is 27.5 Å². The van der Waals surface area contributed by atoms with Gasteiger partial charge in [-0.15, -0.1) is 0 Å². The van der Waals surface area contributed by atoms with Crippen molar-refractivity contribution in [1.82, 2.24) is 4.90 Å². The van der Waals surface area contributed by atoms with Gasteiger partial charge in [0.1, 0.15) is 16.4 Å². The summed E-state index contributed by atoms with van der Waals surface area (Å²) in [6.07, 6.45) is 3.37. The average molecular weight is 459 g/mol. The molecule has 0 spiro atoms. The molecule has 2 amide bonds. The Labute approximate surface area is 187 Å². The van der Waals surface area contributed by atoms with Crippen LogP contribution < -0.4 is 14.2 Å². The topological polar surface area (TPSA) is 102 Å². The molecular weight excluding hydrogens is 432 g/mol. The van der Waals surface area contributed by atoms with E-state index in [-0.39, 0.29) is 46.5 Å². The van der Waals surface area contributed by atoms with E-state index < -0.39 is 10.0 Å². The normalized spacial score (nSPS) is 20.8. The largest absolute Gasteiger partial charge is 0.495 e. The van der Waals surface area contributed by atoms with Gasteiger partial charge in [-0.1, -0.05) is 31.0 Å². The lowest BCUT2D eigenvalue weighted by atomic mass is 9.81. The molecule has 1 N–H and O–H groups in total. The van der Waals surface area contributed by atoms with Gasteiger partial charge in [0.25, 0.3) is 10.0 Å². The molecule has 2 aliphatic rings. The van der Waals surface area contributed by atoms with Gasteiger partial charge < -0.3 is 9.47 Å². The lowest BCUT2D eigenvalue weighted by Crippen LogP contribution is -2.30. The van der Waals surface area contributed by atoms with E-state index in [1.807, 2.05) is 0 Å². The molecule has 1 heterocycles. The van der Waals surface area contributed by atoms with Gasteiger partial charge in [0.15, 0.2) is 0 Å². The molecule has 0 unspecified atom stereocenters. The number of rotatable bonds is 7. The van der Waals surface area contributed by atoms with E-state index in [1.54, 1.807) is 30.3 Å². The fraction of sp³-hybridized carbons (Fsp3) is 0.391. The highest BCUT2D eigenvalue weighted by molar-refractivity contribution is 7.92. The van der Waals surface area contributed by atoms with Gasteiger partial charge in [-0.3, -0.25) is 19.2 Å². The zero-order valence-corrected chi connectivity index (χ0v) is 18.9. The van der Waals surface area contributed by atoms with E-state index in [9.17, 15) is 18.0 Å². The Morgan fingerprint density at radius 2 is 1.56 bits per heavy atom. The first-order valence-corrected chi connectivity index (χ1v) is 12.0. The monoisotopic (exact) mass is 458 g/mol. The summed E-state index contributed by atoms with van der Waals surface area (Å²) in [5.74, 6) is -0.278. The standard InChI is InChI=1S/C23H26N2O6S/c1-30-19-10-6-5-9-18(19)24-32(28,29)21-13-15(11-12-20(21)31-2)14-25-22(26)16-7-3-4-8-17(16)23(25)27/h5-6,9-13,16-17,24H,3-4,7-8,14H2,1-2H3/t16-,17-/m1/s1. The number of sulfonamides is 1. The molecule has 0 radical (unpaired) electrons. The van der Waals surface area contributed by atoms with E-state index in [4.69, 9.17) is 9.47 Å². The maximum absolute atomic E-state index is 13.2. The van der Waals surface area contributed by atoms with Crippen LogP contribution in [0.25, 0.3) is 0 Å². The molecular formula is C23H26N2O6S. The molecule has 1 saturated carbocycles. The Kier molecular flexibility index (Phi) is 6.10. The zero-order valence-electron chi connectivity index (χ0n) is 18.0. The van der Waals surface area contributed by atoms with Crippen molar-refractivity contribution in [3.8, 4) is 11.5 Å². The summed E-state index contributed by atoms with van der Waals surface area (Å²) in [5, 5.41) is 0. The predicted octanol–water partition coefficient (Wildman–Crippen LogP) is 3.18. The fourth-order valence-corrected chi connectivity index (χ4v) is 5.82. The number of benzene rings is 2. The SMILES string of the molecule is COc1ccccc1NS(=O)(=O)c1cc(CN2C(=O)[C@@H]3CCCC[C@H]3C2=O)ccc1OC. The van der Waals surface area contributed by atoms with Crippen LogP contribution in [-0.2, 0) is 26.2 Å². The highest BCUT2D eigenvalue weighted by atomic mass is 32.2. The molecule has 9 heteroatoms. The number of carbonyl (C=O) groups is 2. The summed E-state index contributed by atoms with van der Waals surface area (Å²) in [7, 11) is -1.20. The number of methoxy groups -OCH3 is 2. The van der Waals surface area contributed by atoms with Crippen LogP contribution in [0, 0.1) is 11.8 Å². The minimum absolute atomic E-state index is 0.0336. The van der Waals surface area contributed by atoms with Crippen LogP contribution in [0.3, 0.4) is 0 Å². The summed E-state index contributed by atoms with van der Waals surface area (Å²) in [5.41, 5.74) is 0.822. The van der Waals surface area contributed by atoms with Crippen molar-refractivity contribution in [3.63, 3.8) is 0 Å². The van der Waals surface area contributed by atoms with Crippen molar-refractivity contribution < 1.29 is 27.5 Å². The first kappa shape index (κ1) is 22.1. The molecule has 1 aliphatic carbocycles. The first-order chi connectivity index (χ1) is 15.4. The Morgan fingerprint density at radius 1 is 0.938 bits per heavy atom. The van der Waals surface area contributed by atoms with Gasteiger partial charge in [0.2, 0.25) is 11.8 Å². The maximum atomic E-state index is 13.2. The number of carbonyl (C=O) groups excluding carboxylic acids is 2. The second-order valence-corrected chi connectivity index (χ2v) is 9.70. The molecule has 0 aromatic heterocycles. The number of amides is 2. The molecule has 0 bridgehead atoms. The van der Waals surface area contributed by atoms with Crippen LogP contribution in [0.1, 0.15) is 31.2 Å². The van der Waals surface area contributed by atoms with Crippen molar-refractivity contribution in [1.29, 1.82) is 0 Å². The van der Waals surface area contributed by atoms with Crippen LogP contribution in [0.15, 0.2) is 47.4 Å². The molecule has 2 aromatic rings. The highest BCUT2D eigenvalue weighted by Crippen LogP contribution is 2.39. The van der Waals surface area contributed by atoms with E-state index in [1.165, 1.54) is 31.3 Å². The zero-order chi connectivity index (χ0) is 22.9. The maximum Gasteiger partial charge on any atom is 0.265 e.